The smallest absolute Gasteiger partial charge is 0.261 e. The molecule has 4 rings (SSSR count). The molecule has 2 aromatic carbocycles. The van der Waals surface area contributed by atoms with Gasteiger partial charge in [-0.2, -0.15) is 11.3 Å². The van der Waals surface area contributed by atoms with Gasteiger partial charge in [-0.25, -0.2) is 0 Å². The Hall–Kier alpha value is -3.29. The van der Waals surface area contributed by atoms with Crippen molar-refractivity contribution < 1.29 is 14.4 Å². The summed E-state index contributed by atoms with van der Waals surface area (Å²) < 4.78 is 0. The molecule has 1 aromatic heterocycles. The van der Waals surface area contributed by atoms with Gasteiger partial charge in [-0.3, -0.25) is 24.2 Å². The Morgan fingerprint density at radius 2 is 1.70 bits per heavy atom. The molecule has 0 aliphatic carbocycles. The van der Waals surface area contributed by atoms with Crippen molar-refractivity contribution in [1.29, 1.82) is 0 Å². The summed E-state index contributed by atoms with van der Waals surface area (Å²) in [5.74, 6) is -0.779. The fourth-order valence-electron chi connectivity index (χ4n) is 4.25. The second-order valence-electron chi connectivity index (χ2n) is 7.95. The van der Waals surface area contributed by atoms with Gasteiger partial charge in [0.1, 0.15) is 0 Å². The molecule has 7 heteroatoms. The van der Waals surface area contributed by atoms with Crippen LogP contribution in [-0.2, 0) is 6.54 Å². The maximum atomic E-state index is 12.9. The lowest BCUT2D eigenvalue weighted by atomic mass is 10.1. The van der Waals surface area contributed by atoms with Crippen molar-refractivity contribution in [3.05, 3.63) is 93.2 Å². The maximum Gasteiger partial charge on any atom is 0.261 e. The Labute approximate surface area is 197 Å². The molecule has 3 aromatic rings. The number of hydrogen-bond donors (Lipinski definition) is 1. The molecule has 1 unspecified atom stereocenters. The number of benzene rings is 2. The Morgan fingerprint density at radius 1 is 1.00 bits per heavy atom. The third-order valence-electron chi connectivity index (χ3n) is 6.05. The van der Waals surface area contributed by atoms with Gasteiger partial charge in [-0.1, -0.05) is 38.1 Å². The molecule has 6 nitrogen and oxygen atoms in total. The third-order valence-corrected chi connectivity index (χ3v) is 6.75. The molecule has 170 valence electrons. The van der Waals surface area contributed by atoms with Crippen LogP contribution in [0.5, 0.6) is 0 Å². The van der Waals surface area contributed by atoms with E-state index in [0.29, 0.717) is 23.2 Å². The van der Waals surface area contributed by atoms with E-state index >= 15 is 0 Å². The van der Waals surface area contributed by atoms with Gasteiger partial charge in [-0.05, 0) is 65.3 Å². The van der Waals surface area contributed by atoms with Gasteiger partial charge >= 0.3 is 0 Å². The molecule has 0 radical (unpaired) electrons. The number of amides is 3. The third kappa shape index (κ3) is 4.74. The molecule has 2 heterocycles. The van der Waals surface area contributed by atoms with Crippen LogP contribution in [0.1, 0.15) is 62.1 Å². The van der Waals surface area contributed by atoms with Gasteiger partial charge in [0.05, 0.1) is 23.7 Å². The lowest BCUT2D eigenvalue weighted by Crippen LogP contribution is -2.38. The van der Waals surface area contributed by atoms with Crippen LogP contribution in [0.2, 0.25) is 0 Å². The molecular formula is C26H27N3O3S. The van der Waals surface area contributed by atoms with E-state index in [-0.39, 0.29) is 30.3 Å². The van der Waals surface area contributed by atoms with E-state index < -0.39 is 0 Å². The van der Waals surface area contributed by atoms with Gasteiger partial charge in [0.15, 0.2) is 0 Å². The van der Waals surface area contributed by atoms with Gasteiger partial charge < -0.3 is 5.32 Å². The fraction of sp³-hybridized carbons (Fsp3) is 0.269. The van der Waals surface area contributed by atoms with Crippen molar-refractivity contribution in [2.24, 2.45) is 0 Å². The first kappa shape index (κ1) is 22.9. The highest BCUT2D eigenvalue weighted by atomic mass is 32.1. The fourth-order valence-corrected chi connectivity index (χ4v) is 4.96. The molecule has 0 saturated heterocycles. The first-order valence-electron chi connectivity index (χ1n) is 11.1. The van der Waals surface area contributed by atoms with Crippen molar-refractivity contribution in [3.63, 3.8) is 0 Å². The summed E-state index contributed by atoms with van der Waals surface area (Å²) in [4.78, 5) is 41.8. The number of nitrogens with one attached hydrogen (secondary N) is 1. The number of likely N-dealkylation sites (N-methyl/N-ethyl adjacent to an activating group) is 1. The van der Waals surface area contributed by atoms with Crippen molar-refractivity contribution in [3.8, 4) is 0 Å². The Morgan fingerprint density at radius 3 is 2.30 bits per heavy atom. The number of nitrogens with zero attached hydrogens (tertiary/aromatic N) is 2. The number of hydrogen-bond acceptors (Lipinski definition) is 5. The second-order valence-corrected chi connectivity index (χ2v) is 8.73. The van der Waals surface area contributed by atoms with E-state index in [0.717, 1.165) is 18.7 Å². The van der Waals surface area contributed by atoms with Crippen LogP contribution in [0.3, 0.4) is 0 Å². The highest BCUT2D eigenvalue weighted by Crippen LogP contribution is 2.25. The lowest BCUT2D eigenvalue weighted by molar-refractivity contribution is 0.0642. The summed E-state index contributed by atoms with van der Waals surface area (Å²) in [5.41, 5.74) is 3.28. The molecule has 1 aliphatic heterocycles. The number of carbonyl (C=O) groups excluding carboxylic acids is 3. The van der Waals surface area contributed by atoms with Crippen LogP contribution in [0, 0.1) is 0 Å². The highest BCUT2D eigenvalue weighted by molar-refractivity contribution is 7.08. The zero-order valence-electron chi connectivity index (χ0n) is 18.8. The molecule has 0 fully saturated rings. The highest BCUT2D eigenvalue weighted by Gasteiger charge is 2.35. The van der Waals surface area contributed by atoms with Crippen LogP contribution < -0.4 is 5.32 Å². The molecule has 0 bridgehead atoms. The van der Waals surface area contributed by atoms with Gasteiger partial charge in [0.2, 0.25) is 0 Å². The summed E-state index contributed by atoms with van der Waals surface area (Å²) in [5, 5.41) is 7.24. The second kappa shape index (κ2) is 10.1. The van der Waals surface area contributed by atoms with E-state index in [1.807, 2.05) is 6.07 Å². The summed E-state index contributed by atoms with van der Waals surface area (Å²) in [6.45, 7) is 6.65. The standard InChI is InChI=1S/C26H27N3O3S/c1-3-28(4-2)23(20-12-13-33-17-20)15-27-24(30)19-9-7-8-18(14-19)16-29-25(31)21-10-5-6-11-22(21)26(29)32/h5-14,17,23H,3-4,15-16H2,1-2H3,(H,27,30). The summed E-state index contributed by atoms with van der Waals surface area (Å²) in [7, 11) is 0. The quantitative estimate of drug-likeness (QED) is 0.481. The van der Waals surface area contributed by atoms with Gasteiger partial charge in [0.25, 0.3) is 17.7 Å². The largest absolute Gasteiger partial charge is 0.350 e. The Balaban J connectivity index is 1.45. The minimum Gasteiger partial charge on any atom is -0.350 e. The predicted octanol–water partition coefficient (Wildman–Crippen LogP) is 4.36. The molecule has 1 atom stereocenters. The predicted molar refractivity (Wildman–Crippen MR) is 129 cm³/mol. The minimum atomic E-state index is -0.303. The molecule has 0 saturated carbocycles. The van der Waals surface area contributed by atoms with Crippen molar-refractivity contribution in [1.82, 2.24) is 15.1 Å². The molecule has 3 amide bonds. The average Bonchev–Trinajstić information content (AvgIpc) is 3.46. The Bertz CT molecular complexity index is 1120. The van der Waals surface area contributed by atoms with Crippen LogP contribution in [0.15, 0.2) is 65.4 Å². The molecular weight excluding hydrogens is 434 g/mol. The average molecular weight is 462 g/mol. The monoisotopic (exact) mass is 461 g/mol. The molecule has 33 heavy (non-hydrogen) atoms. The molecule has 0 spiro atoms. The number of carbonyl (C=O) groups is 3. The van der Waals surface area contributed by atoms with E-state index in [1.165, 1.54) is 10.5 Å². The minimum absolute atomic E-state index is 0.108. The molecule has 1 aliphatic rings. The van der Waals surface area contributed by atoms with Gasteiger partial charge in [0, 0.05) is 12.1 Å². The van der Waals surface area contributed by atoms with Gasteiger partial charge in [-0.15, -0.1) is 0 Å². The van der Waals surface area contributed by atoms with Crippen LogP contribution in [0.4, 0.5) is 0 Å². The number of thiophene rings is 1. The SMILES string of the molecule is CCN(CC)C(CNC(=O)c1cccc(CN2C(=O)c3ccccc3C2=O)c1)c1ccsc1. The first-order chi connectivity index (χ1) is 16.0. The van der Waals surface area contributed by atoms with Crippen molar-refractivity contribution in [2.45, 2.75) is 26.4 Å². The lowest BCUT2D eigenvalue weighted by Gasteiger charge is -2.29. The summed E-state index contributed by atoms with van der Waals surface area (Å²) in [6.07, 6.45) is 0. The van der Waals surface area contributed by atoms with Crippen molar-refractivity contribution >= 4 is 29.1 Å². The molecule has 1 N–H and O–H groups in total. The van der Waals surface area contributed by atoms with Crippen LogP contribution in [0.25, 0.3) is 0 Å². The Kier molecular flexibility index (Phi) is 7.01. The van der Waals surface area contributed by atoms with Crippen LogP contribution >= 0.6 is 11.3 Å². The summed E-state index contributed by atoms with van der Waals surface area (Å²) >= 11 is 1.65. The van der Waals surface area contributed by atoms with Crippen molar-refractivity contribution in [2.75, 3.05) is 19.6 Å². The zero-order chi connectivity index (χ0) is 23.4. The topological polar surface area (TPSA) is 69.7 Å². The zero-order valence-corrected chi connectivity index (χ0v) is 19.6. The number of imide groups is 1. The number of fused-ring (bicyclic) bond motifs is 1. The normalized spacial score (nSPS) is 14.0. The maximum absolute atomic E-state index is 12.9. The van der Waals surface area contributed by atoms with E-state index in [9.17, 15) is 14.4 Å². The summed E-state index contributed by atoms with van der Waals surface area (Å²) in [6, 6.07) is 16.1. The van der Waals surface area contributed by atoms with E-state index in [4.69, 9.17) is 0 Å². The van der Waals surface area contributed by atoms with E-state index in [2.05, 4.69) is 40.9 Å². The first-order valence-corrected chi connectivity index (χ1v) is 12.1. The van der Waals surface area contributed by atoms with Crippen LogP contribution in [-0.4, -0.2) is 47.2 Å². The van der Waals surface area contributed by atoms with E-state index in [1.54, 1.807) is 53.8 Å². The number of rotatable bonds is 9.